The van der Waals surface area contributed by atoms with Crippen LogP contribution < -0.4 is 11.3 Å². The molecule has 0 spiro atoms. The quantitative estimate of drug-likeness (QED) is 0.822. The number of rotatable bonds is 5. The topological polar surface area (TPSA) is 71.8 Å². The van der Waals surface area contributed by atoms with Crippen molar-refractivity contribution in [3.8, 4) is 0 Å². The van der Waals surface area contributed by atoms with Crippen molar-refractivity contribution in [2.45, 2.75) is 36.4 Å². The van der Waals surface area contributed by atoms with Crippen LogP contribution in [0.3, 0.4) is 0 Å². The van der Waals surface area contributed by atoms with Crippen molar-refractivity contribution in [1.29, 1.82) is 0 Å². The summed E-state index contributed by atoms with van der Waals surface area (Å²) in [5.41, 5.74) is 7.49. The van der Waals surface area contributed by atoms with Crippen LogP contribution in [0.5, 0.6) is 0 Å². The third-order valence-electron chi connectivity index (χ3n) is 2.68. The van der Waals surface area contributed by atoms with Crippen molar-refractivity contribution in [2.75, 3.05) is 0 Å². The van der Waals surface area contributed by atoms with Crippen LogP contribution in [0, 0.1) is 0 Å². The Hall–Kier alpha value is -1.59. The number of aromatic amines is 1. The highest BCUT2D eigenvalue weighted by molar-refractivity contribution is 7.99. The number of nitrogens with two attached hydrogens (primary N) is 1. The van der Waals surface area contributed by atoms with E-state index in [9.17, 15) is 4.79 Å². The Morgan fingerprint density at radius 2 is 2.16 bits per heavy atom. The molecule has 19 heavy (non-hydrogen) atoms. The third kappa shape index (κ3) is 3.68. The van der Waals surface area contributed by atoms with E-state index >= 15 is 0 Å². The molecule has 0 unspecified atom stereocenters. The monoisotopic (exact) mass is 275 g/mol. The van der Waals surface area contributed by atoms with Crippen molar-refractivity contribution in [3.63, 3.8) is 0 Å². The van der Waals surface area contributed by atoms with Crippen molar-refractivity contribution in [3.05, 3.63) is 51.9 Å². The lowest BCUT2D eigenvalue weighted by Crippen LogP contribution is -2.10. The lowest BCUT2D eigenvalue weighted by atomic mass is 10.2. The zero-order chi connectivity index (χ0) is 13.7. The van der Waals surface area contributed by atoms with Gasteiger partial charge < -0.3 is 10.7 Å². The second-order valence-electron chi connectivity index (χ2n) is 4.21. The highest BCUT2D eigenvalue weighted by atomic mass is 32.2. The summed E-state index contributed by atoms with van der Waals surface area (Å²) in [6.45, 7) is 2.54. The minimum absolute atomic E-state index is 0.105. The van der Waals surface area contributed by atoms with Crippen LogP contribution in [0.1, 0.15) is 24.6 Å². The Balaban J connectivity index is 2.30. The molecule has 1 aromatic carbocycles. The van der Waals surface area contributed by atoms with Gasteiger partial charge in [0.25, 0.3) is 5.56 Å². The van der Waals surface area contributed by atoms with E-state index in [4.69, 9.17) is 5.73 Å². The number of nitrogens with one attached hydrogen (secondary N) is 1. The van der Waals surface area contributed by atoms with Crippen molar-refractivity contribution in [2.24, 2.45) is 5.73 Å². The number of hydrogen-bond acceptors (Lipinski definition) is 4. The molecule has 2 aromatic rings. The van der Waals surface area contributed by atoms with E-state index in [2.05, 4.69) is 16.9 Å². The Bertz CT molecular complexity index is 610. The highest BCUT2D eigenvalue weighted by Gasteiger charge is 2.06. The zero-order valence-electron chi connectivity index (χ0n) is 10.8. The molecule has 100 valence electrons. The average Bonchev–Trinajstić information content (AvgIpc) is 2.39. The predicted octanol–water partition coefficient (Wildman–Crippen LogP) is 2.33. The first-order valence-electron chi connectivity index (χ1n) is 6.29. The first kappa shape index (κ1) is 13.8. The molecule has 0 atom stereocenters. The summed E-state index contributed by atoms with van der Waals surface area (Å²) in [5.74, 6) is 0. The molecule has 0 aliphatic heterocycles. The van der Waals surface area contributed by atoms with Crippen molar-refractivity contribution < 1.29 is 0 Å². The summed E-state index contributed by atoms with van der Waals surface area (Å²) in [6.07, 6.45) is 1.79. The molecule has 4 nitrogen and oxygen atoms in total. The molecule has 2 rings (SSSR count). The second kappa shape index (κ2) is 6.54. The van der Waals surface area contributed by atoms with Crippen molar-refractivity contribution in [1.82, 2.24) is 9.97 Å². The standard InChI is InChI=1S/C14H17N3OS/c1-2-5-11-8-13(18)17-14(16-11)19-12-7-4-3-6-10(12)9-15/h3-4,6-8H,2,5,9,15H2,1H3,(H,16,17,18). The van der Waals surface area contributed by atoms with E-state index in [-0.39, 0.29) is 5.56 Å². The fourth-order valence-electron chi connectivity index (χ4n) is 1.79. The fraction of sp³-hybridized carbons (Fsp3) is 0.286. The molecule has 0 saturated carbocycles. The van der Waals surface area contributed by atoms with E-state index in [1.807, 2.05) is 24.3 Å². The number of aryl methyl sites for hydroxylation is 1. The Kier molecular flexibility index (Phi) is 4.76. The summed E-state index contributed by atoms with van der Waals surface area (Å²) in [5, 5.41) is 0.622. The molecule has 5 heteroatoms. The molecule has 0 saturated heterocycles. The highest BCUT2D eigenvalue weighted by Crippen LogP contribution is 2.27. The van der Waals surface area contributed by atoms with Crippen LogP contribution in [0.4, 0.5) is 0 Å². The van der Waals surface area contributed by atoms with Gasteiger partial charge in [-0.2, -0.15) is 0 Å². The first-order chi connectivity index (χ1) is 9.22. The molecule has 0 aliphatic carbocycles. The van der Waals surface area contributed by atoms with Gasteiger partial charge in [0, 0.05) is 23.2 Å². The summed E-state index contributed by atoms with van der Waals surface area (Å²) >= 11 is 1.45. The van der Waals surface area contributed by atoms with Crippen LogP contribution in [-0.2, 0) is 13.0 Å². The molecule has 0 aliphatic rings. The van der Waals surface area contributed by atoms with E-state index < -0.39 is 0 Å². The molecule has 0 fully saturated rings. The zero-order valence-corrected chi connectivity index (χ0v) is 11.7. The van der Waals surface area contributed by atoms with E-state index in [0.717, 1.165) is 29.0 Å². The Labute approximate surface area is 116 Å². The van der Waals surface area contributed by atoms with Crippen LogP contribution >= 0.6 is 11.8 Å². The smallest absolute Gasteiger partial charge is 0.251 e. The third-order valence-corrected chi connectivity index (χ3v) is 3.68. The fourth-order valence-corrected chi connectivity index (χ4v) is 2.74. The van der Waals surface area contributed by atoms with Gasteiger partial charge in [-0.25, -0.2) is 4.98 Å². The maximum Gasteiger partial charge on any atom is 0.251 e. The predicted molar refractivity (Wildman–Crippen MR) is 77.3 cm³/mol. The van der Waals surface area contributed by atoms with Crippen LogP contribution in [0.25, 0.3) is 0 Å². The minimum atomic E-state index is -0.105. The Morgan fingerprint density at radius 1 is 1.37 bits per heavy atom. The van der Waals surface area contributed by atoms with Crippen LogP contribution in [-0.4, -0.2) is 9.97 Å². The second-order valence-corrected chi connectivity index (χ2v) is 5.24. The number of aromatic nitrogens is 2. The van der Waals surface area contributed by atoms with Crippen LogP contribution in [0.15, 0.2) is 45.2 Å². The molecule has 1 aromatic heterocycles. The molecule has 0 radical (unpaired) electrons. The molecule has 0 bridgehead atoms. The molecule has 0 amide bonds. The lowest BCUT2D eigenvalue weighted by Gasteiger charge is -2.07. The minimum Gasteiger partial charge on any atom is -0.326 e. The average molecular weight is 275 g/mol. The van der Waals surface area contributed by atoms with E-state index in [1.165, 1.54) is 11.8 Å². The summed E-state index contributed by atoms with van der Waals surface area (Å²) in [4.78, 5) is 19.8. The van der Waals surface area contributed by atoms with Gasteiger partial charge in [-0.1, -0.05) is 43.3 Å². The first-order valence-corrected chi connectivity index (χ1v) is 7.10. The molecule has 3 N–H and O–H groups in total. The van der Waals surface area contributed by atoms with Gasteiger partial charge in [-0.3, -0.25) is 4.79 Å². The number of H-pyrrole nitrogens is 1. The SMILES string of the molecule is CCCc1cc(=O)[nH]c(Sc2ccccc2CN)n1. The van der Waals surface area contributed by atoms with E-state index in [0.29, 0.717) is 11.7 Å². The van der Waals surface area contributed by atoms with Gasteiger partial charge in [0.1, 0.15) is 0 Å². The summed E-state index contributed by atoms with van der Waals surface area (Å²) in [6, 6.07) is 9.43. The molecular formula is C14H17N3OS. The van der Waals surface area contributed by atoms with Gasteiger partial charge in [-0.05, 0) is 18.1 Å². The summed E-state index contributed by atoms with van der Waals surface area (Å²) in [7, 11) is 0. The normalized spacial score (nSPS) is 10.6. The number of benzene rings is 1. The van der Waals surface area contributed by atoms with Gasteiger partial charge >= 0.3 is 0 Å². The maximum absolute atomic E-state index is 11.6. The number of nitrogens with zero attached hydrogens (tertiary/aromatic N) is 1. The van der Waals surface area contributed by atoms with Crippen molar-refractivity contribution >= 4 is 11.8 Å². The largest absolute Gasteiger partial charge is 0.326 e. The maximum atomic E-state index is 11.6. The van der Waals surface area contributed by atoms with Gasteiger partial charge in [0.15, 0.2) is 5.16 Å². The van der Waals surface area contributed by atoms with Gasteiger partial charge in [0.2, 0.25) is 0 Å². The van der Waals surface area contributed by atoms with Gasteiger partial charge in [-0.15, -0.1) is 0 Å². The Morgan fingerprint density at radius 3 is 2.89 bits per heavy atom. The van der Waals surface area contributed by atoms with Crippen LogP contribution in [0.2, 0.25) is 0 Å². The number of hydrogen-bond donors (Lipinski definition) is 2. The lowest BCUT2D eigenvalue weighted by molar-refractivity contribution is 0.815. The molecular weight excluding hydrogens is 258 g/mol. The van der Waals surface area contributed by atoms with E-state index in [1.54, 1.807) is 6.07 Å². The molecule has 1 heterocycles. The van der Waals surface area contributed by atoms with Gasteiger partial charge in [0.05, 0.1) is 0 Å². The summed E-state index contributed by atoms with van der Waals surface area (Å²) < 4.78 is 0.